The lowest BCUT2D eigenvalue weighted by Gasteiger charge is -2.46. The molecule has 2 aliphatic rings. The van der Waals surface area contributed by atoms with Crippen molar-refractivity contribution in [1.29, 1.82) is 0 Å². The van der Waals surface area contributed by atoms with E-state index in [1.54, 1.807) is 9.80 Å². The monoisotopic (exact) mass is 338 g/mol. The van der Waals surface area contributed by atoms with E-state index < -0.39 is 5.82 Å². The molecule has 0 unspecified atom stereocenters. The summed E-state index contributed by atoms with van der Waals surface area (Å²) in [5, 5.41) is -0.0308. The van der Waals surface area contributed by atoms with Crippen molar-refractivity contribution in [2.24, 2.45) is 5.41 Å². The van der Waals surface area contributed by atoms with Crippen LogP contribution in [0.4, 0.5) is 4.39 Å². The fourth-order valence-electron chi connectivity index (χ4n) is 3.64. The van der Waals surface area contributed by atoms with Crippen LogP contribution in [0.2, 0.25) is 5.02 Å². The van der Waals surface area contributed by atoms with E-state index in [4.69, 9.17) is 11.6 Å². The molecule has 124 valence electrons. The molecule has 2 aliphatic heterocycles. The van der Waals surface area contributed by atoms with Crippen molar-refractivity contribution in [3.8, 4) is 0 Å². The van der Waals surface area contributed by atoms with Gasteiger partial charge in [0.05, 0.1) is 5.02 Å². The SMILES string of the molecule is CN1CC2(CCC1=O)CCN(C(=O)c1ccc(F)c(Cl)c1)CC2. The molecule has 0 aliphatic carbocycles. The zero-order chi connectivity index (χ0) is 16.6. The summed E-state index contributed by atoms with van der Waals surface area (Å²) in [6, 6.07) is 4.08. The molecule has 2 saturated heterocycles. The lowest BCUT2D eigenvalue weighted by atomic mass is 9.72. The van der Waals surface area contributed by atoms with Crippen LogP contribution < -0.4 is 0 Å². The largest absolute Gasteiger partial charge is 0.345 e. The van der Waals surface area contributed by atoms with Gasteiger partial charge in [0.25, 0.3) is 5.91 Å². The van der Waals surface area contributed by atoms with E-state index in [1.807, 2.05) is 7.05 Å². The first kappa shape index (κ1) is 16.2. The van der Waals surface area contributed by atoms with Crippen molar-refractivity contribution in [2.45, 2.75) is 25.7 Å². The Morgan fingerprint density at radius 3 is 2.57 bits per heavy atom. The molecule has 0 radical (unpaired) electrons. The molecule has 1 aromatic carbocycles. The van der Waals surface area contributed by atoms with E-state index in [-0.39, 0.29) is 22.3 Å². The number of nitrogens with zero attached hydrogens (tertiary/aromatic N) is 2. The van der Waals surface area contributed by atoms with Crippen molar-refractivity contribution in [2.75, 3.05) is 26.7 Å². The minimum Gasteiger partial charge on any atom is -0.345 e. The van der Waals surface area contributed by atoms with Gasteiger partial charge in [0.15, 0.2) is 0 Å². The van der Waals surface area contributed by atoms with E-state index in [0.29, 0.717) is 25.1 Å². The van der Waals surface area contributed by atoms with E-state index in [1.165, 1.54) is 18.2 Å². The molecule has 3 rings (SSSR count). The van der Waals surface area contributed by atoms with Crippen LogP contribution in [0.5, 0.6) is 0 Å². The average molecular weight is 339 g/mol. The van der Waals surface area contributed by atoms with Crippen molar-refractivity contribution in [3.05, 3.63) is 34.6 Å². The Bertz CT molecular complexity index is 641. The summed E-state index contributed by atoms with van der Waals surface area (Å²) in [5.41, 5.74) is 0.558. The van der Waals surface area contributed by atoms with Gasteiger partial charge in [0.1, 0.15) is 5.82 Å². The highest BCUT2D eigenvalue weighted by atomic mass is 35.5. The molecule has 23 heavy (non-hydrogen) atoms. The molecule has 0 atom stereocenters. The minimum atomic E-state index is -0.518. The zero-order valence-corrected chi connectivity index (χ0v) is 13.9. The Kier molecular flexibility index (Phi) is 4.32. The topological polar surface area (TPSA) is 40.6 Å². The lowest BCUT2D eigenvalue weighted by Crippen LogP contribution is -2.51. The van der Waals surface area contributed by atoms with Crippen LogP contribution in [0.3, 0.4) is 0 Å². The predicted molar refractivity (Wildman–Crippen MR) is 85.9 cm³/mol. The van der Waals surface area contributed by atoms with Gasteiger partial charge in [-0.15, -0.1) is 0 Å². The second-order valence-electron chi connectivity index (χ2n) is 6.67. The second-order valence-corrected chi connectivity index (χ2v) is 7.08. The fraction of sp³-hybridized carbons (Fsp3) is 0.529. The third-order valence-corrected chi connectivity index (χ3v) is 5.44. The molecule has 2 heterocycles. The summed E-state index contributed by atoms with van der Waals surface area (Å²) in [7, 11) is 1.85. The van der Waals surface area contributed by atoms with Crippen LogP contribution in [-0.4, -0.2) is 48.3 Å². The normalized spacial score (nSPS) is 20.9. The second kappa shape index (κ2) is 6.11. The highest BCUT2D eigenvalue weighted by molar-refractivity contribution is 6.31. The minimum absolute atomic E-state index is 0.0308. The molecule has 1 aromatic rings. The van der Waals surface area contributed by atoms with Crippen LogP contribution in [0.15, 0.2) is 18.2 Å². The van der Waals surface area contributed by atoms with Crippen molar-refractivity contribution < 1.29 is 14.0 Å². The van der Waals surface area contributed by atoms with E-state index >= 15 is 0 Å². The quantitative estimate of drug-likeness (QED) is 0.790. The first-order chi connectivity index (χ1) is 10.9. The van der Waals surface area contributed by atoms with E-state index in [0.717, 1.165) is 25.8 Å². The van der Waals surface area contributed by atoms with Crippen molar-refractivity contribution >= 4 is 23.4 Å². The summed E-state index contributed by atoms with van der Waals surface area (Å²) >= 11 is 5.76. The van der Waals surface area contributed by atoms with Crippen molar-refractivity contribution in [3.63, 3.8) is 0 Å². The number of rotatable bonds is 1. The van der Waals surface area contributed by atoms with Gasteiger partial charge in [-0.25, -0.2) is 4.39 Å². The van der Waals surface area contributed by atoms with Gasteiger partial charge in [-0.05, 0) is 42.9 Å². The summed E-state index contributed by atoms with van der Waals surface area (Å²) in [4.78, 5) is 27.8. The molecule has 2 fully saturated rings. The Hall–Kier alpha value is -1.62. The van der Waals surface area contributed by atoms with Crippen LogP contribution in [-0.2, 0) is 4.79 Å². The molecular weight excluding hydrogens is 319 g/mol. The Morgan fingerprint density at radius 2 is 1.96 bits per heavy atom. The number of benzene rings is 1. The zero-order valence-electron chi connectivity index (χ0n) is 13.1. The molecule has 0 bridgehead atoms. The number of carbonyl (C=O) groups is 2. The molecule has 1 spiro atoms. The van der Waals surface area contributed by atoms with Gasteiger partial charge in [-0.3, -0.25) is 9.59 Å². The van der Waals surface area contributed by atoms with Crippen LogP contribution in [0.1, 0.15) is 36.0 Å². The molecule has 6 heteroatoms. The number of amides is 2. The first-order valence-corrected chi connectivity index (χ1v) is 8.26. The van der Waals surface area contributed by atoms with Gasteiger partial charge < -0.3 is 9.80 Å². The Morgan fingerprint density at radius 1 is 1.26 bits per heavy atom. The number of hydrogen-bond acceptors (Lipinski definition) is 2. The number of hydrogen-bond donors (Lipinski definition) is 0. The predicted octanol–water partition coefficient (Wildman–Crippen LogP) is 2.95. The number of likely N-dealkylation sites (tertiary alicyclic amines) is 2. The molecular formula is C17H20ClFN2O2. The van der Waals surface area contributed by atoms with Crippen LogP contribution in [0.25, 0.3) is 0 Å². The molecule has 0 aromatic heterocycles. The standard InChI is InChI=1S/C17H20ClFN2O2/c1-20-11-17(5-4-15(20)22)6-8-21(9-7-17)16(23)12-2-3-14(19)13(18)10-12/h2-3,10H,4-9,11H2,1H3. The van der Waals surface area contributed by atoms with Crippen molar-refractivity contribution in [1.82, 2.24) is 9.80 Å². The Labute approximate surface area is 140 Å². The maximum atomic E-state index is 13.2. The summed E-state index contributed by atoms with van der Waals surface area (Å²) in [6.07, 6.45) is 3.29. The number of piperidine rings is 2. The summed E-state index contributed by atoms with van der Waals surface area (Å²) in [5.74, 6) is -0.423. The fourth-order valence-corrected chi connectivity index (χ4v) is 3.82. The van der Waals surface area contributed by atoms with Gasteiger partial charge in [0, 0.05) is 38.7 Å². The molecule has 4 nitrogen and oxygen atoms in total. The maximum absolute atomic E-state index is 13.2. The van der Waals surface area contributed by atoms with Gasteiger partial charge >= 0.3 is 0 Å². The van der Waals surface area contributed by atoms with Gasteiger partial charge in [-0.2, -0.15) is 0 Å². The first-order valence-electron chi connectivity index (χ1n) is 7.89. The number of carbonyl (C=O) groups excluding carboxylic acids is 2. The van der Waals surface area contributed by atoms with Gasteiger partial charge in [-0.1, -0.05) is 11.6 Å². The summed E-state index contributed by atoms with van der Waals surface area (Å²) < 4.78 is 13.2. The average Bonchev–Trinajstić information content (AvgIpc) is 2.54. The molecule has 2 amide bonds. The van der Waals surface area contributed by atoms with E-state index in [2.05, 4.69) is 0 Å². The van der Waals surface area contributed by atoms with Crippen LogP contribution in [0, 0.1) is 11.2 Å². The molecule has 0 saturated carbocycles. The van der Waals surface area contributed by atoms with Crippen LogP contribution >= 0.6 is 11.6 Å². The third-order valence-electron chi connectivity index (χ3n) is 5.15. The molecule has 0 N–H and O–H groups in total. The summed E-state index contributed by atoms with van der Waals surface area (Å²) in [6.45, 7) is 2.10. The Balaban J connectivity index is 1.65. The smallest absolute Gasteiger partial charge is 0.253 e. The third kappa shape index (κ3) is 3.20. The van der Waals surface area contributed by atoms with E-state index in [9.17, 15) is 14.0 Å². The highest BCUT2D eigenvalue weighted by Gasteiger charge is 2.40. The number of halogens is 2. The lowest BCUT2D eigenvalue weighted by molar-refractivity contribution is -0.137. The maximum Gasteiger partial charge on any atom is 0.253 e. The van der Waals surface area contributed by atoms with Gasteiger partial charge in [0.2, 0.25) is 5.91 Å². The highest BCUT2D eigenvalue weighted by Crippen LogP contribution is 2.40.